The Labute approximate surface area is 177 Å². The van der Waals surface area contributed by atoms with Crippen LogP contribution in [0.5, 0.6) is 5.75 Å². The van der Waals surface area contributed by atoms with E-state index in [1.165, 1.54) is 36.4 Å². The van der Waals surface area contributed by atoms with Crippen LogP contribution in [-0.4, -0.2) is 36.5 Å². The standard InChI is InChI=1S/C21H23F4N3O3/c1-14(15-2-8-18(9-3-15)30-21(23,24)25)28-12-10-19(11-13-28)31-27-20(29)26-17-6-4-16(22)5-7-17/h2-9,14,19H,10-13H2,1H3,(H2,26,27,29). The van der Waals surface area contributed by atoms with E-state index in [4.69, 9.17) is 4.84 Å². The Morgan fingerprint density at radius 3 is 2.26 bits per heavy atom. The molecule has 6 nitrogen and oxygen atoms in total. The molecule has 2 aromatic carbocycles. The molecule has 1 heterocycles. The molecule has 2 amide bonds. The van der Waals surface area contributed by atoms with Gasteiger partial charge in [-0.25, -0.2) is 14.7 Å². The molecule has 0 saturated carbocycles. The summed E-state index contributed by atoms with van der Waals surface area (Å²) >= 11 is 0. The Hall–Kier alpha value is -2.85. The lowest BCUT2D eigenvalue weighted by molar-refractivity contribution is -0.274. The number of hydroxylamine groups is 1. The van der Waals surface area contributed by atoms with Crippen LogP contribution in [0.15, 0.2) is 48.5 Å². The molecule has 2 aromatic rings. The van der Waals surface area contributed by atoms with Crippen LogP contribution in [-0.2, 0) is 4.84 Å². The Morgan fingerprint density at radius 1 is 1.06 bits per heavy atom. The molecule has 1 atom stereocenters. The molecule has 2 N–H and O–H groups in total. The van der Waals surface area contributed by atoms with Crippen molar-refractivity contribution >= 4 is 11.7 Å². The molecule has 0 bridgehead atoms. The average molecular weight is 441 g/mol. The highest BCUT2D eigenvalue weighted by Gasteiger charge is 2.31. The zero-order chi connectivity index (χ0) is 22.4. The fourth-order valence-electron chi connectivity index (χ4n) is 3.37. The predicted molar refractivity (Wildman–Crippen MR) is 106 cm³/mol. The molecule has 1 aliphatic heterocycles. The number of urea groups is 1. The summed E-state index contributed by atoms with van der Waals surface area (Å²) in [7, 11) is 0. The van der Waals surface area contributed by atoms with E-state index in [9.17, 15) is 22.4 Å². The maximum atomic E-state index is 12.9. The van der Waals surface area contributed by atoms with Gasteiger partial charge in [-0.2, -0.15) is 0 Å². The summed E-state index contributed by atoms with van der Waals surface area (Å²) in [5.41, 5.74) is 3.67. The number of amides is 2. The van der Waals surface area contributed by atoms with Gasteiger partial charge in [0.2, 0.25) is 0 Å². The third-order valence-electron chi connectivity index (χ3n) is 5.04. The van der Waals surface area contributed by atoms with Crippen molar-refractivity contribution in [2.45, 2.75) is 38.3 Å². The Bertz CT molecular complexity index is 852. The van der Waals surface area contributed by atoms with Crippen molar-refractivity contribution in [3.63, 3.8) is 0 Å². The maximum Gasteiger partial charge on any atom is 0.573 e. The zero-order valence-electron chi connectivity index (χ0n) is 16.8. The number of rotatable bonds is 6. The van der Waals surface area contributed by atoms with E-state index in [1.807, 2.05) is 6.92 Å². The number of anilines is 1. The lowest BCUT2D eigenvalue weighted by atomic mass is 10.0. The summed E-state index contributed by atoms with van der Waals surface area (Å²) in [6.45, 7) is 3.39. The summed E-state index contributed by atoms with van der Waals surface area (Å²) in [5, 5.41) is 2.54. The second kappa shape index (κ2) is 9.97. The molecule has 0 aliphatic carbocycles. The molecule has 1 fully saturated rings. The van der Waals surface area contributed by atoms with Crippen molar-refractivity contribution in [2.24, 2.45) is 0 Å². The first-order valence-electron chi connectivity index (χ1n) is 9.77. The number of carbonyl (C=O) groups is 1. The van der Waals surface area contributed by atoms with E-state index >= 15 is 0 Å². The van der Waals surface area contributed by atoms with Gasteiger partial charge in [-0.05, 0) is 61.7 Å². The van der Waals surface area contributed by atoms with Crippen molar-refractivity contribution in [1.29, 1.82) is 0 Å². The SMILES string of the molecule is CC(c1ccc(OC(F)(F)F)cc1)N1CCC(ONC(=O)Nc2ccc(F)cc2)CC1. The van der Waals surface area contributed by atoms with Crippen molar-refractivity contribution in [2.75, 3.05) is 18.4 Å². The van der Waals surface area contributed by atoms with Gasteiger partial charge in [0.15, 0.2) is 0 Å². The maximum absolute atomic E-state index is 12.9. The van der Waals surface area contributed by atoms with E-state index in [0.717, 1.165) is 5.56 Å². The lowest BCUT2D eigenvalue weighted by Gasteiger charge is -2.35. The van der Waals surface area contributed by atoms with Crippen molar-refractivity contribution in [3.05, 3.63) is 59.9 Å². The summed E-state index contributed by atoms with van der Waals surface area (Å²) in [4.78, 5) is 19.5. The number of alkyl halides is 3. The van der Waals surface area contributed by atoms with Crippen LogP contribution < -0.4 is 15.5 Å². The average Bonchev–Trinajstić information content (AvgIpc) is 2.73. The number of halogens is 4. The number of ether oxygens (including phenoxy) is 1. The molecule has 1 saturated heterocycles. The minimum atomic E-state index is -4.71. The smallest absolute Gasteiger partial charge is 0.406 e. The van der Waals surface area contributed by atoms with E-state index in [-0.39, 0.29) is 17.9 Å². The molecular formula is C21H23F4N3O3. The third kappa shape index (κ3) is 7.11. The number of carbonyl (C=O) groups excluding carboxylic acids is 1. The number of nitrogens with one attached hydrogen (secondary N) is 2. The Morgan fingerprint density at radius 2 is 1.68 bits per heavy atom. The Balaban J connectivity index is 1.41. The number of benzene rings is 2. The Kier molecular flexibility index (Phi) is 7.34. The summed E-state index contributed by atoms with van der Waals surface area (Å²) < 4.78 is 53.6. The van der Waals surface area contributed by atoms with E-state index in [1.54, 1.807) is 12.1 Å². The van der Waals surface area contributed by atoms with Gasteiger partial charge in [-0.3, -0.25) is 9.74 Å². The molecule has 0 aromatic heterocycles. The highest BCUT2D eigenvalue weighted by molar-refractivity contribution is 5.88. The summed E-state index contributed by atoms with van der Waals surface area (Å²) in [5.74, 6) is -0.644. The van der Waals surface area contributed by atoms with Gasteiger partial charge in [-0.1, -0.05) is 12.1 Å². The minimum Gasteiger partial charge on any atom is -0.406 e. The van der Waals surface area contributed by atoms with Crippen molar-refractivity contribution < 1.29 is 31.9 Å². The molecular weight excluding hydrogens is 418 g/mol. The normalized spacial score (nSPS) is 16.5. The van der Waals surface area contributed by atoms with Crippen LogP contribution in [0.3, 0.4) is 0 Å². The van der Waals surface area contributed by atoms with Gasteiger partial charge in [0.05, 0.1) is 6.10 Å². The number of hydrogen-bond acceptors (Lipinski definition) is 4. The molecule has 1 aliphatic rings. The van der Waals surface area contributed by atoms with Gasteiger partial charge < -0.3 is 10.1 Å². The fourth-order valence-corrected chi connectivity index (χ4v) is 3.37. The van der Waals surface area contributed by atoms with E-state index in [2.05, 4.69) is 20.4 Å². The third-order valence-corrected chi connectivity index (χ3v) is 5.04. The predicted octanol–water partition coefficient (Wildman–Crippen LogP) is 5.00. The number of piperidine rings is 1. The van der Waals surface area contributed by atoms with E-state index in [0.29, 0.717) is 31.6 Å². The first-order valence-corrected chi connectivity index (χ1v) is 9.77. The number of hydrogen-bond donors (Lipinski definition) is 2. The summed E-state index contributed by atoms with van der Waals surface area (Å²) in [6.07, 6.45) is -3.52. The van der Waals surface area contributed by atoms with Gasteiger partial charge in [-0.15, -0.1) is 13.2 Å². The first-order chi connectivity index (χ1) is 14.7. The van der Waals surface area contributed by atoms with Gasteiger partial charge in [0.1, 0.15) is 11.6 Å². The zero-order valence-corrected chi connectivity index (χ0v) is 16.8. The molecule has 10 heteroatoms. The highest BCUT2D eigenvalue weighted by atomic mass is 19.4. The second-order valence-electron chi connectivity index (χ2n) is 7.21. The van der Waals surface area contributed by atoms with Crippen LogP contribution in [0.2, 0.25) is 0 Å². The minimum absolute atomic E-state index is 0.00983. The highest BCUT2D eigenvalue weighted by Crippen LogP contribution is 2.28. The molecule has 0 radical (unpaired) electrons. The van der Waals surface area contributed by atoms with Gasteiger partial charge >= 0.3 is 12.4 Å². The van der Waals surface area contributed by atoms with E-state index < -0.39 is 18.2 Å². The number of nitrogens with zero attached hydrogens (tertiary/aromatic N) is 1. The van der Waals surface area contributed by atoms with Crippen LogP contribution in [0.25, 0.3) is 0 Å². The largest absolute Gasteiger partial charge is 0.573 e. The number of likely N-dealkylation sites (tertiary alicyclic amines) is 1. The van der Waals surface area contributed by atoms with Crippen molar-refractivity contribution in [1.82, 2.24) is 10.4 Å². The molecule has 0 spiro atoms. The topological polar surface area (TPSA) is 62.8 Å². The van der Waals surface area contributed by atoms with Gasteiger partial charge in [0.25, 0.3) is 0 Å². The van der Waals surface area contributed by atoms with Crippen LogP contribution in [0, 0.1) is 5.82 Å². The van der Waals surface area contributed by atoms with Crippen LogP contribution in [0.1, 0.15) is 31.4 Å². The molecule has 31 heavy (non-hydrogen) atoms. The van der Waals surface area contributed by atoms with Crippen molar-refractivity contribution in [3.8, 4) is 5.75 Å². The quantitative estimate of drug-likeness (QED) is 0.489. The summed E-state index contributed by atoms with van der Waals surface area (Å²) in [6, 6.07) is 10.7. The second-order valence-corrected chi connectivity index (χ2v) is 7.21. The molecule has 1 unspecified atom stereocenters. The fraction of sp³-hybridized carbons (Fsp3) is 0.381. The van der Waals surface area contributed by atoms with Gasteiger partial charge in [0, 0.05) is 24.8 Å². The monoisotopic (exact) mass is 441 g/mol. The lowest BCUT2D eigenvalue weighted by Crippen LogP contribution is -2.42. The molecule has 3 rings (SSSR count). The molecule has 168 valence electrons. The first kappa shape index (κ1) is 22.8. The van der Waals surface area contributed by atoms with Crippen LogP contribution >= 0.6 is 0 Å². The van der Waals surface area contributed by atoms with Crippen LogP contribution in [0.4, 0.5) is 28.0 Å².